The summed E-state index contributed by atoms with van der Waals surface area (Å²) in [6.07, 6.45) is 10.8. The van der Waals surface area contributed by atoms with Gasteiger partial charge in [-0.15, -0.1) is 11.8 Å². The molecule has 2 rings (SSSR count). The largest absolute Gasteiger partial charge is 0.547 e. The molecular formula is C31H56O3SSi2. The molecule has 0 fully saturated rings. The Labute approximate surface area is 235 Å². The molecule has 212 valence electrons. The Hall–Kier alpha value is -0.536. The number of thioether (sulfide) groups is 1. The van der Waals surface area contributed by atoms with Gasteiger partial charge < -0.3 is 14.0 Å². The Morgan fingerprint density at radius 3 is 1.95 bits per heavy atom. The van der Waals surface area contributed by atoms with Gasteiger partial charge in [0.05, 0.1) is 16.6 Å². The van der Waals surface area contributed by atoms with E-state index in [0.717, 1.165) is 31.6 Å². The highest BCUT2D eigenvalue weighted by Crippen LogP contribution is 2.46. The first-order chi connectivity index (χ1) is 17.0. The van der Waals surface area contributed by atoms with E-state index in [1.165, 1.54) is 30.6 Å². The van der Waals surface area contributed by atoms with E-state index in [-0.39, 0.29) is 15.3 Å². The molecule has 0 saturated carbocycles. The van der Waals surface area contributed by atoms with E-state index < -0.39 is 22.2 Å². The highest BCUT2D eigenvalue weighted by atomic mass is 32.2. The monoisotopic (exact) mass is 564 g/mol. The zero-order valence-electron chi connectivity index (χ0n) is 25.6. The summed E-state index contributed by atoms with van der Waals surface area (Å²) < 4.78 is 13.0. The molecule has 37 heavy (non-hydrogen) atoms. The van der Waals surface area contributed by atoms with Gasteiger partial charge in [-0.3, -0.25) is 0 Å². The van der Waals surface area contributed by atoms with Crippen LogP contribution in [0.2, 0.25) is 36.3 Å². The number of hydrogen-bond donors (Lipinski definition) is 1. The Bertz CT molecular complexity index is 855. The van der Waals surface area contributed by atoms with E-state index in [4.69, 9.17) is 8.85 Å². The van der Waals surface area contributed by atoms with Crippen molar-refractivity contribution in [2.24, 2.45) is 0 Å². The second-order valence-corrected chi connectivity index (χ2v) is 24.9. The van der Waals surface area contributed by atoms with Gasteiger partial charge in [0.25, 0.3) is 0 Å². The standard InChI is InChI=1S/C31H56O3SSi2/c1-29(2,3)36(7,8)33-23-19-14-12-11-13-18-22-31(32)25-26(34-37(9,10)30(4,5)6)24-28(31)35-27-20-16-15-17-21-27/h15-17,20-21,24,28,32H,11-14,18-19,22-23,25H2,1-10H3/t28-,31-/m0/s1. The van der Waals surface area contributed by atoms with Crippen molar-refractivity contribution in [2.45, 2.75) is 145 Å². The minimum absolute atomic E-state index is 0.0298. The van der Waals surface area contributed by atoms with Crippen molar-refractivity contribution >= 4 is 28.4 Å². The lowest BCUT2D eigenvalue weighted by atomic mass is 9.92. The fraction of sp³-hybridized carbons (Fsp3) is 0.742. The maximum Gasteiger partial charge on any atom is 0.250 e. The molecule has 1 aliphatic rings. The van der Waals surface area contributed by atoms with Crippen LogP contribution in [0, 0.1) is 0 Å². The fourth-order valence-electron chi connectivity index (χ4n) is 4.14. The van der Waals surface area contributed by atoms with E-state index in [2.05, 4.69) is 98.1 Å². The zero-order valence-corrected chi connectivity index (χ0v) is 28.4. The molecule has 0 saturated heterocycles. The SMILES string of the molecule is CC(C)(C)[Si](C)(C)OCCCCCCCC[C@]1(O)CC(O[Si](C)(C)C(C)(C)C)=C[C@@H]1Sc1ccccc1. The van der Waals surface area contributed by atoms with Crippen LogP contribution in [-0.2, 0) is 8.85 Å². The smallest absolute Gasteiger partial charge is 0.250 e. The van der Waals surface area contributed by atoms with Gasteiger partial charge in [-0.2, -0.15) is 0 Å². The molecule has 1 aromatic carbocycles. The average Bonchev–Trinajstić information content (AvgIpc) is 3.05. The van der Waals surface area contributed by atoms with Crippen molar-refractivity contribution < 1.29 is 14.0 Å². The highest BCUT2D eigenvalue weighted by Gasteiger charge is 2.46. The summed E-state index contributed by atoms with van der Waals surface area (Å²) in [5.41, 5.74) is -0.741. The summed E-state index contributed by atoms with van der Waals surface area (Å²) in [7, 11) is -3.55. The number of hydrogen-bond acceptors (Lipinski definition) is 4. The molecule has 1 aromatic rings. The number of aliphatic hydroxyl groups is 1. The van der Waals surface area contributed by atoms with Gasteiger partial charge in [-0.1, -0.05) is 91.8 Å². The maximum absolute atomic E-state index is 11.8. The fourth-order valence-corrected chi connectivity index (χ4v) is 7.58. The van der Waals surface area contributed by atoms with Crippen LogP contribution in [0.25, 0.3) is 0 Å². The third-order valence-corrected chi connectivity index (χ3v) is 19.1. The summed E-state index contributed by atoms with van der Waals surface area (Å²) in [5, 5.41) is 12.3. The molecule has 0 radical (unpaired) electrons. The Balaban J connectivity index is 1.84. The quantitative estimate of drug-likeness (QED) is 0.180. The first kappa shape index (κ1) is 32.7. The van der Waals surface area contributed by atoms with Crippen LogP contribution >= 0.6 is 11.8 Å². The predicted molar refractivity (Wildman–Crippen MR) is 167 cm³/mol. The molecule has 0 unspecified atom stereocenters. The van der Waals surface area contributed by atoms with Crippen LogP contribution in [-0.4, -0.2) is 39.2 Å². The van der Waals surface area contributed by atoms with Gasteiger partial charge in [-0.05, 0) is 67.3 Å². The molecule has 6 heteroatoms. The average molecular weight is 565 g/mol. The third kappa shape index (κ3) is 9.86. The highest BCUT2D eigenvalue weighted by molar-refractivity contribution is 8.00. The second-order valence-electron chi connectivity index (χ2n) is 14.1. The van der Waals surface area contributed by atoms with Gasteiger partial charge >= 0.3 is 0 Å². The maximum atomic E-state index is 11.8. The van der Waals surface area contributed by atoms with Crippen LogP contribution in [0.1, 0.15) is 92.9 Å². The summed E-state index contributed by atoms with van der Waals surface area (Å²) in [6.45, 7) is 23.9. The minimum atomic E-state index is -1.93. The van der Waals surface area contributed by atoms with Crippen LogP contribution < -0.4 is 0 Å². The van der Waals surface area contributed by atoms with Crippen LogP contribution in [0.5, 0.6) is 0 Å². The molecule has 0 spiro atoms. The molecule has 1 N–H and O–H groups in total. The lowest BCUT2D eigenvalue weighted by Crippen LogP contribution is -2.41. The normalized spacial score (nSPS) is 21.3. The summed E-state index contributed by atoms with van der Waals surface area (Å²) >= 11 is 1.77. The molecule has 0 amide bonds. The van der Waals surface area contributed by atoms with Gasteiger partial charge in [0.1, 0.15) is 0 Å². The van der Waals surface area contributed by atoms with E-state index >= 15 is 0 Å². The van der Waals surface area contributed by atoms with E-state index in [1.54, 1.807) is 11.8 Å². The van der Waals surface area contributed by atoms with Crippen LogP contribution in [0.15, 0.2) is 47.1 Å². The van der Waals surface area contributed by atoms with Crippen LogP contribution in [0.4, 0.5) is 0 Å². The molecule has 0 aliphatic heterocycles. The first-order valence-corrected chi connectivity index (χ1v) is 21.1. The van der Waals surface area contributed by atoms with Gasteiger partial charge in [0.2, 0.25) is 8.32 Å². The van der Waals surface area contributed by atoms with Gasteiger partial charge in [-0.25, -0.2) is 0 Å². The Morgan fingerprint density at radius 2 is 1.38 bits per heavy atom. The van der Waals surface area contributed by atoms with Gasteiger partial charge in [0, 0.05) is 17.9 Å². The Morgan fingerprint density at radius 1 is 0.838 bits per heavy atom. The lowest BCUT2D eigenvalue weighted by molar-refractivity contribution is 0.0398. The van der Waals surface area contributed by atoms with Crippen molar-refractivity contribution in [3.63, 3.8) is 0 Å². The van der Waals surface area contributed by atoms with E-state index in [1.807, 2.05) is 6.07 Å². The number of rotatable bonds is 14. The van der Waals surface area contributed by atoms with Gasteiger partial charge in [0.15, 0.2) is 8.32 Å². The molecule has 1 aliphatic carbocycles. The van der Waals surface area contributed by atoms with Crippen LogP contribution in [0.3, 0.4) is 0 Å². The minimum Gasteiger partial charge on any atom is -0.547 e. The van der Waals surface area contributed by atoms with Crippen molar-refractivity contribution in [3.05, 3.63) is 42.2 Å². The zero-order chi connectivity index (χ0) is 28.0. The van der Waals surface area contributed by atoms with E-state index in [0.29, 0.717) is 6.42 Å². The van der Waals surface area contributed by atoms with Crippen molar-refractivity contribution in [3.8, 4) is 0 Å². The topological polar surface area (TPSA) is 38.7 Å². The lowest BCUT2D eigenvalue weighted by Gasteiger charge is -2.37. The molecule has 0 aromatic heterocycles. The van der Waals surface area contributed by atoms with Crippen molar-refractivity contribution in [2.75, 3.05) is 6.61 Å². The molecule has 0 bridgehead atoms. The Kier molecular flexibility index (Phi) is 11.7. The third-order valence-electron chi connectivity index (χ3n) is 8.82. The summed E-state index contributed by atoms with van der Waals surface area (Å²) in [6, 6.07) is 10.5. The second kappa shape index (κ2) is 13.2. The summed E-state index contributed by atoms with van der Waals surface area (Å²) in [5.74, 6) is 1.00. The molecular weight excluding hydrogens is 509 g/mol. The number of benzene rings is 1. The van der Waals surface area contributed by atoms with Crippen molar-refractivity contribution in [1.82, 2.24) is 0 Å². The predicted octanol–water partition coefficient (Wildman–Crippen LogP) is 9.94. The molecule has 0 heterocycles. The molecule has 3 nitrogen and oxygen atoms in total. The van der Waals surface area contributed by atoms with Crippen molar-refractivity contribution in [1.29, 1.82) is 0 Å². The summed E-state index contributed by atoms with van der Waals surface area (Å²) in [4.78, 5) is 1.20. The molecule has 2 atom stereocenters. The number of unbranched alkanes of at least 4 members (excludes halogenated alkanes) is 5. The van der Waals surface area contributed by atoms with E-state index in [9.17, 15) is 5.11 Å². The first-order valence-electron chi connectivity index (χ1n) is 14.4.